The lowest BCUT2D eigenvalue weighted by atomic mass is 10.2. The first-order valence-corrected chi connectivity index (χ1v) is 9.01. The van der Waals surface area contributed by atoms with Gasteiger partial charge in [-0.15, -0.1) is 12.6 Å². The second-order valence-corrected chi connectivity index (χ2v) is 7.47. The Labute approximate surface area is 159 Å². The Balaban J connectivity index is 1.86. The number of fused-ring (bicyclic) bond motifs is 1. The molecule has 2 N–H and O–H groups in total. The van der Waals surface area contributed by atoms with E-state index >= 15 is 0 Å². The Morgan fingerprint density at radius 2 is 1.85 bits per heavy atom. The van der Waals surface area contributed by atoms with E-state index in [2.05, 4.69) is 27.9 Å². The Kier molecular flexibility index (Phi) is 5.10. The van der Waals surface area contributed by atoms with Gasteiger partial charge in [-0.1, -0.05) is 11.3 Å². The van der Waals surface area contributed by atoms with Gasteiger partial charge in [-0.2, -0.15) is 0 Å². The maximum Gasteiger partial charge on any atom is 0.335 e. The number of anilines is 2. The van der Waals surface area contributed by atoms with Gasteiger partial charge in [0.15, 0.2) is 0 Å². The maximum absolute atomic E-state index is 12.7. The molecule has 0 aliphatic rings. The van der Waals surface area contributed by atoms with E-state index < -0.39 is 5.97 Å². The number of nitrogens with zero attached hydrogens (tertiary/aromatic N) is 3. The first-order valence-electron chi connectivity index (χ1n) is 7.75. The van der Waals surface area contributed by atoms with Crippen molar-refractivity contribution in [1.82, 2.24) is 9.97 Å². The lowest BCUT2D eigenvalue weighted by Gasteiger charge is -2.26. The molecule has 0 radical (unpaired) electrons. The summed E-state index contributed by atoms with van der Waals surface area (Å²) in [6.07, 6.45) is 0. The molecule has 7 nitrogen and oxygen atoms in total. The van der Waals surface area contributed by atoms with Crippen molar-refractivity contribution < 1.29 is 14.7 Å². The minimum Gasteiger partial charge on any atom is -0.478 e. The number of carboxylic acid groups (broad SMARTS) is 1. The Morgan fingerprint density at radius 3 is 2.46 bits per heavy atom. The molecule has 1 aromatic carbocycles. The second-order valence-electron chi connectivity index (χ2n) is 5.77. The van der Waals surface area contributed by atoms with Crippen LogP contribution in [-0.4, -0.2) is 33.1 Å². The van der Waals surface area contributed by atoms with Crippen molar-refractivity contribution in [2.75, 3.05) is 10.2 Å². The van der Waals surface area contributed by atoms with E-state index in [1.807, 2.05) is 13.8 Å². The lowest BCUT2D eigenvalue weighted by molar-refractivity contribution is 0.0697. The van der Waals surface area contributed by atoms with Crippen molar-refractivity contribution in [3.05, 3.63) is 42.0 Å². The van der Waals surface area contributed by atoms with E-state index in [9.17, 15) is 9.59 Å². The smallest absolute Gasteiger partial charge is 0.335 e. The number of hydrogen-bond acceptors (Lipinski definition) is 6. The highest BCUT2D eigenvalue weighted by Crippen LogP contribution is 2.26. The predicted molar refractivity (Wildman–Crippen MR) is 105 cm³/mol. The average Bonchev–Trinajstić information content (AvgIpc) is 2.94. The third kappa shape index (κ3) is 3.78. The lowest BCUT2D eigenvalue weighted by Crippen LogP contribution is -2.40. The first-order chi connectivity index (χ1) is 12.3. The molecule has 0 saturated carbocycles. The van der Waals surface area contributed by atoms with Gasteiger partial charge in [0.05, 0.1) is 5.56 Å². The fourth-order valence-corrected chi connectivity index (χ4v) is 3.45. The van der Waals surface area contributed by atoms with E-state index in [0.717, 1.165) is 5.52 Å². The molecule has 9 heteroatoms. The van der Waals surface area contributed by atoms with Crippen molar-refractivity contribution in [2.24, 2.45) is 0 Å². The van der Waals surface area contributed by atoms with Gasteiger partial charge in [0.1, 0.15) is 20.5 Å². The summed E-state index contributed by atoms with van der Waals surface area (Å²) in [6.45, 7) is 3.77. The van der Waals surface area contributed by atoms with Gasteiger partial charge in [-0.25, -0.2) is 19.6 Å². The number of carboxylic acids is 1. The summed E-state index contributed by atoms with van der Waals surface area (Å²) in [6, 6.07) is 9.02. The van der Waals surface area contributed by atoms with Crippen LogP contribution in [0.25, 0.3) is 10.3 Å². The van der Waals surface area contributed by atoms with Crippen LogP contribution in [0, 0.1) is 0 Å². The molecule has 3 aromatic rings. The van der Waals surface area contributed by atoms with Crippen LogP contribution in [0.1, 0.15) is 24.2 Å². The van der Waals surface area contributed by atoms with Gasteiger partial charge in [-0.3, -0.25) is 4.90 Å². The fourth-order valence-electron chi connectivity index (χ4n) is 2.41. The fraction of sp³-hybridized carbons (Fsp3) is 0.176. The highest BCUT2D eigenvalue weighted by molar-refractivity contribution is 7.82. The molecule has 0 bridgehead atoms. The van der Waals surface area contributed by atoms with Crippen molar-refractivity contribution in [1.29, 1.82) is 0 Å². The summed E-state index contributed by atoms with van der Waals surface area (Å²) in [4.78, 5) is 34.7. The van der Waals surface area contributed by atoms with E-state index in [1.165, 1.54) is 28.4 Å². The molecular formula is C17H16N4O3S2. The number of hydrogen-bond donors (Lipinski definition) is 3. The highest BCUT2D eigenvalue weighted by Gasteiger charge is 2.21. The van der Waals surface area contributed by atoms with Gasteiger partial charge in [-0.05, 0) is 50.2 Å². The monoisotopic (exact) mass is 388 g/mol. The number of urea groups is 1. The van der Waals surface area contributed by atoms with E-state index in [4.69, 9.17) is 5.11 Å². The van der Waals surface area contributed by atoms with Crippen molar-refractivity contribution in [3.8, 4) is 0 Å². The summed E-state index contributed by atoms with van der Waals surface area (Å²) >= 11 is 5.57. The van der Waals surface area contributed by atoms with Crippen molar-refractivity contribution >= 4 is 57.8 Å². The first kappa shape index (κ1) is 18.2. The molecular weight excluding hydrogens is 372 g/mol. The number of aromatic nitrogens is 2. The Bertz CT molecular complexity index is 970. The molecule has 2 amide bonds. The third-order valence-corrected chi connectivity index (χ3v) is 4.74. The Morgan fingerprint density at radius 1 is 1.15 bits per heavy atom. The average molecular weight is 388 g/mol. The predicted octanol–water partition coefficient (Wildman–Crippen LogP) is 4.13. The second kappa shape index (κ2) is 7.30. The summed E-state index contributed by atoms with van der Waals surface area (Å²) in [5, 5.41) is 11.7. The molecule has 0 spiro atoms. The van der Waals surface area contributed by atoms with Crippen LogP contribution in [0.5, 0.6) is 0 Å². The van der Waals surface area contributed by atoms with Crippen LogP contribution in [-0.2, 0) is 0 Å². The maximum atomic E-state index is 12.7. The quantitative estimate of drug-likeness (QED) is 0.584. The summed E-state index contributed by atoms with van der Waals surface area (Å²) in [7, 11) is 0. The molecule has 0 fully saturated rings. The van der Waals surface area contributed by atoms with Crippen LogP contribution in [0.4, 0.5) is 16.3 Å². The summed E-state index contributed by atoms with van der Waals surface area (Å²) < 4.78 is 0.615. The summed E-state index contributed by atoms with van der Waals surface area (Å²) in [5.41, 5.74) is 1.39. The van der Waals surface area contributed by atoms with Gasteiger partial charge in [0.25, 0.3) is 0 Å². The van der Waals surface area contributed by atoms with E-state index in [-0.39, 0.29) is 17.6 Å². The number of nitrogens with one attached hydrogen (secondary N) is 1. The standard InChI is InChI=1S/C17H16N4O3S2/c1-9(2)21(13-8-7-12-14(20-13)26-17(25)19-12)16(24)18-11-5-3-10(4-6-11)15(22)23/h3-9H,1-2H3,(H,18,24)(H,19,25)(H,22,23). The van der Waals surface area contributed by atoms with Crippen LogP contribution < -0.4 is 10.2 Å². The number of carbonyl (C=O) groups excluding carboxylic acids is 1. The van der Waals surface area contributed by atoms with Gasteiger partial charge < -0.3 is 10.4 Å². The molecule has 0 aliphatic carbocycles. The molecule has 3 rings (SSSR count). The zero-order valence-corrected chi connectivity index (χ0v) is 15.7. The van der Waals surface area contributed by atoms with Gasteiger partial charge in [0, 0.05) is 11.7 Å². The largest absolute Gasteiger partial charge is 0.478 e. The minimum atomic E-state index is -1.02. The zero-order valence-electron chi connectivity index (χ0n) is 14.0. The Hall–Kier alpha value is -2.65. The van der Waals surface area contributed by atoms with Crippen molar-refractivity contribution in [2.45, 2.75) is 24.2 Å². The molecule has 0 unspecified atom stereocenters. The molecule has 134 valence electrons. The van der Waals surface area contributed by atoms with E-state index in [0.29, 0.717) is 20.7 Å². The zero-order chi connectivity index (χ0) is 18.8. The number of pyridine rings is 1. The molecule has 0 saturated heterocycles. The number of benzene rings is 1. The van der Waals surface area contributed by atoms with Crippen molar-refractivity contribution in [3.63, 3.8) is 0 Å². The van der Waals surface area contributed by atoms with Crippen LogP contribution in [0.15, 0.2) is 40.7 Å². The topological polar surface area (TPSA) is 95.4 Å². The van der Waals surface area contributed by atoms with E-state index in [1.54, 1.807) is 24.3 Å². The van der Waals surface area contributed by atoms with Crippen LogP contribution >= 0.6 is 24.0 Å². The molecule has 0 aliphatic heterocycles. The minimum absolute atomic E-state index is 0.137. The van der Waals surface area contributed by atoms with Gasteiger partial charge in [0.2, 0.25) is 0 Å². The number of thiazole rings is 1. The highest BCUT2D eigenvalue weighted by atomic mass is 32.2. The number of carbonyl (C=O) groups is 2. The molecule has 2 aromatic heterocycles. The van der Waals surface area contributed by atoms with Crippen LogP contribution in [0.2, 0.25) is 0 Å². The number of aromatic carboxylic acids is 1. The molecule has 26 heavy (non-hydrogen) atoms. The number of amides is 2. The normalized spacial score (nSPS) is 10.9. The van der Waals surface area contributed by atoms with Gasteiger partial charge >= 0.3 is 12.0 Å². The third-order valence-electron chi connectivity index (χ3n) is 3.59. The number of rotatable bonds is 4. The molecule has 2 heterocycles. The number of thiol groups is 1. The molecule has 0 atom stereocenters. The SMILES string of the molecule is CC(C)N(C(=O)Nc1ccc(C(=O)O)cc1)c1ccc2nc(S)sc2n1. The summed E-state index contributed by atoms with van der Waals surface area (Å²) in [5.74, 6) is -0.513. The van der Waals surface area contributed by atoms with Crippen LogP contribution in [0.3, 0.4) is 0 Å².